The Morgan fingerprint density at radius 1 is 1.16 bits per heavy atom. The van der Waals surface area contributed by atoms with Gasteiger partial charge in [0.25, 0.3) is 5.91 Å². The molecule has 0 unspecified atom stereocenters. The van der Waals surface area contributed by atoms with Crippen LogP contribution in [0.25, 0.3) is 10.9 Å². The summed E-state index contributed by atoms with van der Waals surface area (Å²) in [6, 6.07) is 9.27. The molecule has 0 radical (unpaired) electrons. The van der Waals surface area contributed by atoms with Gasteiger partial charge in [0.15, 0.2) is 5.69 Å². The Balaban J connectivity index is 1.43. The molecule has 7 heteroatoms. The Kier molecular flexibility index (Phi) is 6.50. The quantitative estimate of drug-likeness (QED) is 0.447. The van der Waals surface area contributed by atoms with Gasteiger partial charge in [-0.05, 0) is 79.3 Å². The van der Waals surface area contributed by atoms with Crippen LogP contribution in [0.15, 0.2) is 30.5 Å². The van der Waals surface area contributed by atoms with Gasteiger partial charge in [0.05, 0.1) is 9.09 Å². The third-order valence-electron chi connectivity index (χ3n) is 6.00. The number of aryl methyl sites for hydroxylation is 2. The first-order valence-electron chi connectivity index (χ1n) is 11.0. The zero-order valence-electron chi connectivity index (χ0n) is 18.6. The molecule has 1 aliphatic rings. The number of fused-ring (bicyclic) bond motifs is 1. The van der Waals surface area contributed by atoms with Crippen molar-refractivity contribution in [3.8, 4) is 0 Å². The van der Waals surface area contributed by atoms with Crippen LogP contribution in [0.5, 0.6) is 0 Å². The van der Waals surface area contributed by atoms with Crippen LogP contribution in [0.2, 0.25) is 0 Å². The minimum absolute atomic E-state index is 0.0708. The molecule has 31 heavy (non-hydrogen) atoms. The van der Waals surface area contributed by atoms with E-state index >= 15 is 0 Å². The zero-order chi connectivity index (χ0) is 22.1. The standard InChI is InChI=1S/C24H30IN5O/c1-14(2)21-12-22(18-11-15(3)5-10-20(18)28-21)26-16-6-8-17(9-7-16)27-24(31)23-19(25)13-30(4)29-23/h5,10-14,16-17H,6-9H2,1-4H3,(H,26,28)(H,27,31). The van der Waals surface area contributed by atoms with Crippen molar-refractivity contribution in [2.75, 3.05) is 5.32 Å². The molecule has 0 aliphatic heterocycles. The van der Waals surface area contributed by atoms with Gasteiger partial charge < -0.3 is 10.6 Å². The first-order valence-corrected chi connectivity index (χ1v) is 12.1. The summed E-state index contributed by atoms with van der Waals surface area (Å²) in [6.45, 7) is 6.49. The minimum atomic E-state index is -0.0708. The second kappa shape index (κ2) is 9.14. The van der Waals surface area contributed by atoms with Gasteiger partial charge in [-0.25, -0.2) is 0 Å². The number of benzene rings is 1. The van der Waals surface area contributed by atoms with Crippen molar-refractivity contribution < 1.29 is 4.79 Å². The van der Waals surface area contributed by atoms with Crippen molar-refractivity contribution in [2.45, 2.75) is 64.5 Å². The van der Waals surface area contributed by atoms with Gasteiger partial charge in [-0.1, -0.05) is 25.5 Å². The van der Waals surface area contributed by atoms with E-state index in [1.165, 1.54) is 16.6 Å². The first kappa shape index (κ1) is 22.0. The van der Waals surface area contributed by atoms with E-state index in [1.807, 2.05) is 13.2 Å². The lowest BCUT2D eigenvalue weighted by Crippen LogP contribution is -2.40. The fraction of sp³-hybridized carbons (Fsp3) is 0.458. The number of carbonyl (C=O) groups excluding carboxylic acids is 1. The molecule has 1 amide bonds. The van der Waals surface area contributed by atoms with Crippen molar-refractivity contribution in [2.24, 2.45) is 7.05 Å². The molecule has 2 aromatic heterocycles. The number of amides is 1. The Hall–Kier alpha value is -2.16. The highest BCUT2D eigenvalue weighted by Crippen LogP contribution is 2.30. The van der Waals surface area contributed by atoms with Crippen LogP contribution >= 0.6 is 22.6 Å². The zero-order valence-corrected chi connectivity index (χ0v) is 20.7. The smallest absolute Gasteiger partial charge is 0.273 e. The lowest BCUT2D eigenvalue weighted by molar-refractivity contribution is 0.0920. The first-order chi connectivity index (χ1) is 14.8. The molecule has 1 aromatic carbocycles. The third-order valence-corrected chi connectivity index (χ3v) is 6.79. The maximum absolute atomic E-state index is 12.6. The van der Waals surface area contributed by atoms with E-state index < -0.39 is 0 Å². The summed E-state index contributed by atoms with van der Waals surface area (Å²) >= 11 is 2.16. The molecule has 1 saturated carbocycles. The molecule has 164 valence electrons. The average Bonchev–Trinajstić information content (AvgIpc) is 3.07. The van der Waals surface area contributed by atoms with Crippen LogP contribution in [0.4, 0.5) is 5.69 Å². The van der Waals surface area contributed by atoms with Crippen LogP contribution in [-0.4, -0.2) is 32.8 Å². The van der Waals surface area contributed by atoms with E-state index in [9.17, 15) is 4.79 Å². The van der Waals surface area contributed by atoms with Crippen molar-refractivity contribution in [3.05, 3.63) is 51.0 Å². The maximum Gasteiger partial charge on any atom is 0.273 e. The molecule has 3 aromatic rings. The number of pyridine rings is 1. The highest BCUT2D eigenvalue weighted by atomic mass is 127. The number of carbonyl (C=O) groups is 1. The Bertz CT molecular complexity index is 1100. The molecule has 0 atom stereocenters. The number of nitrogens with zero attached hydrogens (tertiary/aromatic N) is 3. The largest absolute Gasteiger partial charge is 0.382 e. The number of anilines is 1. The predicted octanol–water partition coefficient (Wildman–Crippen LogP) is 5.16. The summed E-state index contributed by atoms with van der Waals surface area (Å²) in [5, 5.41) is 12.4. The van der Waals surface area contributed by atoms with Gasteiger partial charge in [-0.3, -0.25) is 14.5 Å². The predicted molar refractivity (Wildman–Crippen MR) is 134 cm³/mol. The van der Waals surface area contributed by atoms with Crippen molar-refractivity contribution in [1.29, 1.82) is 0 Å². The number of nitrogens with one attached hydrogen (secondary N) is 2. The molecule has 0 spiro atoms. The maximum atomic E-state index is 12.6. The van der Waals surface area contributed by atoms with Gasteiger partial charge in [0.1, 0.15) is 0 Å². The molecule has 0 saturated heterocycles. The van der Waals surface area contributed by atoms with Crippen LogP contribution in [0, 0.1) is 10.5 Å². The molecule has 2 N–H and O–H groups in total. The number of hydrogen-bond donors (Lipinski definition) is 2. The second-order valence-corrected chi connectivity index (χ2v) is 10.1. The van der Waals surface area contributed by atoms with Gasteiger partial charge >= 0.3 is 0 Å². The summed E-state index contributed by atoms with van der Waals surface area (Å²) in [7, 11) is 1.84. The number of halogens is 1. The molecule has 4 rings (SSSR count). The van der Waals surface area contributed by atoms with Gasteiger partial charge in [0.2, 0.25) is 0 Å². The molecule has 0 bridgehead atoms. The van der Waals surface area contributed by atoms with Gasteiger partial charge in [-0.2, -0.15) is 5.10 Å². The van der Waals surface area contributed by atoms with Gasteiger partial charge in [0, 0.05) is 42.1 Å². The van der Waals surface area contributed by atoms with Crippen molar-refractivity contribution >= 4 is 45.1 Å². The van der Waals surface area contributed by atoms with Crippen molar-refractivity contribution in [3.63, 3.8) is 0 Å². The third kappa shape index (κ3) is 5.02. The second-order valence-electron chi connectivity index (χ2n) is 8.94. The topological polar surface area (TPSA) is 71.8 Å². The Labute approximate surface area is 197 Å². The molecular formula is C24H30IN5O. The Morgan fingerprint density at radius 3 is 2.52 bits per heavy atom. The molecule has 2 heterocycles. The lowest BCUT2D eigenvalue weighted by atomic mass is 9.90. The normalized spacial score (nSPS) is 19.0. The number of rotatable bonds is 5. The number of aromatic nitrogens is 3. The molecule has 6 nitrogen and oxygen atoms in total. The van der Waals surface area contributed by atoms with E-state index in [2.05, 4.69) is 83.4 Å². The summed E-state index contributed by atoms with van der Waals surface area (Å²) in [5.74, 6) is 0.310. The Morgan fingerprint density at radius 2 is 1.87 bits per heavy atom. The fourth-order valence-corrected chi connectivity index (χ4v) is 5.00. The van der Waals surface area contributed by atoms with Crippen LogP contribution in [-0.2, 0) is 7.05 Å². The summed E-state index contributed by atoms with van der Waals surface area (Å²) < 4.78 is 2.57. The van der Waals surface area contributed by atoms with Crippen LogP contribution in [0.3, 0.4) is 0 Å². The van der Waals surface area contributed by atoms with Crippen LogP contribution < -0.4 is 10.6 Å². The lowest BCUT2D eigenvalue weighted by Gasteiger charge is -2.30. The summed E-state index contributed by atoms with van der Waals surface area (Å²) in [4.78, 5) is 17.4. The molecule has 1 aliphatic carbocycles. The number of hydrogen-bond acceptors (Lipinski definition) is 4. The summed E-state index contributed by atoms with van der Waals surface area (Å²) in [5.41, 5.74) is 5.09. The summed E-state index contributed by atoms with van der Waals surface area (Å²) in [6.07, 6.45) is 5.84. The average molecular weight is 531 g/mol. The van der Waals surface area contributed by atoms with E-state index in [1.54, 1.807) is 4.68 Å². The highest BCUT2D eigenvalue weighted by Gasteiger charge is 2.25. The minimum Gasteiger partial charge on any atom is -0.382 e. The monoisotopic (exact) mass is 531 g/mol. The SMILES string of the molecule is Cc1ccc2nc(C(C)C)cc(NC3CCC(NC(=O)c4nn(C)cc4I)CC3)c2c1. The molecular weight excluding hydrogens is 501 g/mol. The van der Waals surface area contributed by atoms with Crippen LogP contribution in [0.1, 0.15) is 67.2 Å². The highest BCUT2D eigenvalue weighted by molar-refractivity contribution is 14.1. The fourth-order valence-electron chi connectivity index (χ4n) is 4.24. The van der Waals surface area contributed by atoms with E-state index in [4.69, 9.17) is 4.98 Å². The van der Waals surface area contributed by atoms with E-state index in [0.29, 0.717) is 17.7 Å². The van der Waals surface area contributed by atoms with E-state index in [0.717, 1.165) is 40.5 Å². The van der Waals surface area contributed by atoms with Gasteiger partial charge in [-0.15, -0.1) is 0 Å². The van der Waals surface area contributed by atoms with E-state index in [-0.39, 0.29) is 11.9 Å². The molecule has 1 fully saturated rings. The van der Waals surface area contributed by atoms with Crippen molar-refractivity contribution in [1.82, 2.24) is 20.1 Å².